The van der Waals surface area contributed by atoms with Crippen molar-refractivity contribution in [1.82, 2.24) is 9.97 Å². The molecule has 0 spiro atoms. The van der Waals surface area contributed by atoms with Gasteiger partial charge in [-0.2, -0.15) is 4.98 Å². The molecule has 1 aromatic rings. The first-order valence-corrected chi connectivity index (χ1v) is 6.29. The van der Waals surface area contributed by atoms with Gasteiger partial charge in [0.15, 0.2) is 11.6 Å². The van der Waals surface area contributed by atoms with E-state index in [9.17, 15) is 9.18 Å². The number of halogens is 2. The molecule has 1 aromatic heterocycles. The van der Waals surface area contributed by atoms with E-state index in [1.54, 1.807) is 0 Å². The number of carboxylic acid groups (broad SMARTS) is 1. The molecule has 1 heterocycles. The zero-order valence-electron chi connectivity index (χ0n) is 10.1. The van der Waals surface area contributed by atoms with Gasteiger partial charge in [-0.1, -0.05) is 5.57 Å². The van der Waals surface area contributed by atoms with Crippen molar-refractivity contribution in [3.8, 4) is 0 Å². The van der Waals surface area contributed by atoms with Gasteiger partial charge in [-0.3, -0.25) is 0 Å². The summed E-state index contributed by atoms with van der Waals surface area (Å²) in [5.41, 5.74) is 0.844. The molecule has 5 nitrogen and oxygen atoms in total. The van der Waals surface area contributed by atoms with Crippen LogP contribution in [0.15, 0.2) is 17.8 Å². The second-order valence-electron chi connectivity index (χ2n) is 4.41. The molecule has 1 atom stereocenters. The van der Waals surface area contributed by atoms with Crippen LogP contribution in [-0.2, 0) is 4.79 Å². The van der Waals surface area contributed by atoms with Gasteiger partial charge in [-0.15, -0.1) is 0 Å². The van der Waals surface area contributed by atoms with Crippen molar-refractivity contribution in [1.29, 1.82) is 0 Å². The minimum atomic E-state index is -0.952. The quantitative estimate of drug-likeness (QED) is 0.659. The fourth-order valence-electron chi connectivity index (χ4n) is 2.17. The standard InChI is InChI=1S/C12H13ClFN3O2/c13-12-15-6-9(14)11(17-12)16-8-3-1-2-7(4-8)5-10(18)19/h5-6,8H,1-4H2,(H,18,19)(H,15,16,17). The van der Waals surface area contributed by atoms with Crippen molar-refractivity contribution in [2.75, 3.05) is 5.32 Å². The molecule has 0 aliphatic heterocycles. The lowest BCUT2D eigenvalue weighted by molar-refractivity contribution is -0.131. The lowest BCUT2D eigenvalue weighted by Gasteiger charge is -2.25. The molecule has 102 valence electrons. The largest absolute Gasteiger partial charge is 0.478 e. The van der Waals surface area contributed by atoms with Crippen LogP contribution in [0, 0.1) is 5.82 Å². The highest BCUT2D eigenvalue weighted by Crippen LogP contribution is 2.26. The predicted octanol–water partition coefficient (Wildman–Crippen LogP) is 2.63. The Morgan fingerprint density at radius 1 is 1.63 bits per heavy atom. The van der Waals surface area contributed by atoms with Gasteiger partial charge in [-0.05, 0) is 37.3 Å². The molecule has 1 fully saturated rings. The number of rotatable bonds is 3. The molecule has 2 rings (SSSR count). The van der Waals surface area contributed by atoms with Crippen molar-refractivity contribution in [2.45, 2.75) is 31.7 Å². The average Bonchev–Trinajstić information content (AvgIpc) is 2.33. The SMILES string of the molecule is O=C(O)C=C1CCCC(Nc2nc(Cl)ncc2F)C1. The number of nitrogens with zero attached hydrogens (tertiary/aromatic N) is 2. The number of carboxylic acids is 1. The fourth-order valence-corrected chi connectivity index (χ4v) is 2.30. The number of anilines is 1. The molecule has 0 aromatic carbocycles. The van der Waals surface area contributed by atoms with Crippen molar-refractivity contribution in [2.24, 2.45) is 0 Å². The summed E-state index contributed by atoms with van der Waals surface area (Å²) in [5, 5.41) is 11.6. The number of hydrogen-bond acceptors (Lipinski definition) is 4. The monoisotopic (exact) mass is 285 g/mol. The third-order valence-electron chi connectivity index (χ3n) is 2.94. The van der Waals surface area contributed by atoms with Gasteiger partial charge in [-0.25, -0.2) is 14.2 Å². The predicted molar refractivity (Wildman–Crippen MR) is 68.6 cm³/mol. The van der Waals surface area contributed by atoms with Gasteiger partial charge in [0.2, 0.25) is 5.28 Å². The summed E-state index contributed by atoms with van der Waals surface area (Å²) in [6.07, 6.45) is 5.24. The van der Waals surface area contributed by atoms with E-state index in [0.717, 1.165) is 31.0 Å². The van der Waals surface area contributed by atoms with Crippen molar-refractivity contribution < 1.29 is 14.3 Å². The van der Waals surface area contributed by atoms with Gasteiger partial charge in [0.1, 0.15) is 0 Å². The third-order valence-corrected chi connectivity index (χ3v) is 3.12. The Bertz CT molecular complexity index is 522. The lowest BCUT2D eigenvalue weighted by Crippen LogP contribution is -2.25. The summed E-state index contributed by atoms with van der Waals surface area (Å²) in [4.78, 5) is 18.0. The zero-order chi connectivity index (χ0) is 13.8. The molecule has 1 aliphatic rings. The lowest BCUT2D eigenvalue weighted by atomic mass is 9.90. The van der Waals surface area contributed by atoms with Crippen molar-refractivity contribution in [3.63, 3.8) is 0 Å². The normalized spacial score (nSPS) is 21.4. The maximum absolute atomic E-state index is 13.5. The number of carbonyl (C=O) groups is 1. The molecule has 1 saturated carbocycles. The Labute approximate surface area is 114 Å². The second-order valence-corrected chi connectivity index (χ2v) is 4.75. The Kier molecular flexibility index (Phi) is 4.31. The first kappa shape index (κ1) is 13.7. The van der Waals surface area contributed by atoms with Gasteiger partial charge < -0.3 is 10.4 Å². The van der Waals surface area contributed by atoms with Crippen molar-refractivity contribution >= 4 is 23.4 Å². The van der Waals surface area contributed by atoms with Gasteiger partial charge in [0.05, 0.1) is 6.20 Å². The zero-order valence-corrected chi connectivity index (χ0v) is 10.8. The van der Waals surface area contributed by atoms with Crippen LogP contribution in [-0.4, -0.2) is 27.1 Å². The summed E-state index contributed by atoms with van der Waals surface area (Å²) in [6.45, 7) is 0. The molecular weight excluding hydrogens is 273 g/mol. The molecule has 0 amide bonds. The molecule has 7 heteroatoms. The molecule has 1 aliphatic carbocycles. The van der Waals surface area contributed by atoms with Gasteiger partial charge >= 0.3 is 5.97 Å². The minimum absolute atomic E-state index is 0.0268. The number of hydrogen-bond donors (Lipinski definition) is 2. The molecule has 0 saturated heterocycles. The number of aliphatic carboxylic acids is 1. The third kappa shape index (κ3) is 3.89. The van der Waals surface area contributed by atoms with E-state index in [0.29, 0.717) is 6.42 Å². The van der Waals surface area contributed by atoms with Crippen LogP contribution in [0.1, 0.15) is 25.7 Å². The summed E-state index contributed by atoms with van der Waals surface area (Å²) in [6, 6.07) is -0.0418. The van der Waals surface area contributed by atoms with E-state index in [1.807, 2.05) is 0 Å². The average molecular weight is 286 g/mol. The second kappa shape index (κ2) is 5.97. The van der Waals surface area contributed by atoms with Crippen LogP contribution in [0.4, 0.5) is 10.2 Å². The molecular formula is C12H13ClFN3O2. The Morgan fingerprint density at radius 2 is 2.42 bits per heavy atom. The van der Waals surface area contributed by atoms with E-state index in [-0.39, 0.29) is 17.1 Å². The Hall–Kier alpha value is -1.69. The molecule has 1 unspecified atom stereocenters. The summed E-state index contributed by atoms with van der Waals surface area (Å²) >= 11 is 5.61. The Balaban J connectivity index is 2.06. The minimum Gasteiger partial charge on any atom is -0.478 e. The van der Waals surface area contributed by atoms with Crippen LogP contribution in [0.2, 0.25) is 5.28 Å². The molecule has 0 bridgehead atoms. The Morgan fingerprint density at radius 3 is 3.16 bits per heavy atom. The van der Waals surface area contributed by atoms with Crippen LogP contribution >= 0.6 is 11.6 Å². The summed E-state index contributed by atoms with van der Waals surface area (Å²) in [7, 11) is 0. The van der Waals surface area contributed by atoms with Crippen molar-refractivity contribution in [3.05, 3.63) is 28.9 Å². The maximum Gasteiger partial charge on any atom is 0.328 e. The van der Waals surface area contributed by atoms with E-state index in [1.165, 1.54) is 6.08 Å². The number of nitrogens with one attached hydrogen (secondary N) is 1. The topological polar surface area (TPSA) is 75.1 Å². The van der Waals surface area contributed by atoms with Crippen LogP contribution in [0.25, 0.3) is 0 Å². The fraction of sp³-hybridized carbons (Fsp3) is 0.417. The van der Waals surface area contributed by atoms with Crippen LogP contribution in [0.5, 0.6) is 0 Å². The highest BCUT2D eigenvalue weighted by molar-refractivity contribution is 6.28. The molecule has 2 N–H and O–H groups in total. The highest BCUT2D eigenvalue weighted by Gasteiger charge is 2.19. The van der Waals surface area contributed by atoms with Crippen LogP contribution < -0.4 is 5.32 Å². The summed E-state index contributed by atoms with van der Waals surface area (Å²) in [5.74, 6) is -1.47. The van der Waals surface area contributed by atoms with Gasteiger partial charge in [0, 0.05) is 12.1 Å². The first-order chi connectivity index (χ1) is 9.04. The maximum atomic E-state index is 13.5. The van der Waals surface area contributed by atoms with Gasteiger partial charge in [0.25, 0.3) is 0 Å². The summed E-state index contributed by atoms with van der Waals surface area (Å²) < 4.78 is 13.5. The number of aromatic nitrogens is 2. The smallest absolute Gasteiger partial charge is 0.328 e. The molecule has 0 radical (unpaired) electrons. The van der Waals surface area contributed by atoms with E-state index < -0.39 is 11.8 Å². The van der Waals surface area contributed by atoms with E-state index in [4.69, 9.17) is 16.7 Å². The highest BCUT2D eigenvalue weighted by atomic mass is 35.5. The van der Waals surface area contributed by atoms with E-state index >= 15 is 0 Å². The first-order valence-electron chi connectivity index (χ1n) is 5.91. The van der Waals surface area contributed by atoms with Crippen LogP contribution in [0.3, 0.4) is 0 Å². The van der Waals surface area contributed by atoms with E-state index in [2.05, 4.69) is 15.3 Å². The molecule has 19 heavy (non-hydrogen) atoms.